The summed E-state index contributed by atoms with van der Waals surface area (Å²) in [4.78, 5) is 17.3. The number of methoxy groups -OCH3 is 1. The molecule has 6 nitrogen and oxygen atoms in total. The van der Waals surface area contributed by atoms with Crippen LogP contribution in [0.15, 0.2) is 66.7 Å². The Morgan fingerprint density at radius 1 is 1.03 bits per heavy atom. The minimum absolute atomic E-state index is 0.000282. The molecule has 6 heteroatoms. The normalized spacial score (nSPS) is 10.9. The third-order valence-corrected chi connectivity index (χ3v) is 6.04. The number of imidazole rings is 1. The minimum atomic E-state index is -0.000282. The molecule has 0 unspecified atom stereocenters. The fraction of sp³-hybridized carbons (Fsp3) is 0.310. The fourth-order valence-electron chi connectivity index (χ4n) is 4.24. The maximum atomic E-state index is 12.4. The Morgan fingerprint density at radius 2 is 1.83 bits per heavy atom. The van der Waals surface area contributed by atoms with Crippen molar-refractivity contribution in [2.75, 3.05) is 20.3 Å². The fourth-order valence-corrected chi connectivity index (χ4v) is 4.24. The number of aryl methyl sites for hydroxylation is 3. The second-order valence-electron chi connectivity index (χ2n) is 8.76. The van der Waals surface area contributed by atoms with Crippen LogP contribution in [0.4, 0.5) is 0 Å². The van der Waals surface area contributed by atoms with Gasteiger partial charge in [-0.15, -0.1) is 0 Å². The second-order valence-corrected chi connectivity index (χ2v) is 8.76. The number of benzene rings is 3. The van der Waals surface area contributed by atoms with E-state index < -0.39 is 0 Å². The van der Waals surface area contributed by atoms with E-state index in [1.165, 1.54) is 5.56 Å². The Bertz CT molecular complexity index is 1280. The van der Waals surface area contributed by atoms with Crippen LogP contribution in [-0.4, -0.2) is 35.7 Å². The molecule has 1 N–H and O–H groups in total. The minimum Gasteiger partial charge on any atom is -0.497 e. The molecule has 0 saturated carbocycles. The zero-order valence-electron chi connectivity index (χ0n) is 20.7. The highest BCUT2D eigenvalue weighted by atomic mass is 16.5. The summed E-state index contributed by atoms with van der Waals surface area (Å²) in [6, 6.07) is 22.0. The van der Waals surface area contributed by atoms with Gasteiger partial charge >= 0.3 is 0 Å². The molecule has 0 aliphatic rings. The quantitative estimate of drug-likeness (QED) is 0.312. The van der Waals surface area contributed by atoms with Crippen molar-refractivity contribution < 1.29 is 14.3 Å². The van der Waals surface area contributed by atoms with E-state index >= 15 is 0 Å². The van der Waals surface area contributed by atoms with Gasteiger partial charge in [0, 0.05) is 19.5 Å². The van der Waals surface area contributed by atoms with Gasteiger partial charge in [0.15, 0.2) is 0 Å². The van der Waals surface area contributed by atoms with Crippen LogP contribution in [0, 0.1) is 13.8 Å². The highest BCUT2D eigenvalue weighted by Crippen LogP contribution is 2.20. The van der Waals surface area contributed by atoms with Gasteiger partial charge in [0.1, 0.15) is 17.3 Å². The summed E-state index contributed by atoms with van der Waals surface area (Å²) in [7, 11) is 1.63. The molecule has 3 aromatic carbocycles. The summed E-state index contributed by atoms with van der Waals surface area (Å²) < 4.78 is 13.4. The number of ether oxygens (including phenoxy) is 2. The van der Waals surface area contributed by atoms with Gasteiger partial charge in [-0.3, -0.25) is 4.79 Å². The molecule has 1 aromatic heterocycles. The summed E-state index contributed by atoms with van der Waals surface area (Å²) in [5, 5.41) is 3.03. The lowest BCUT2D eigenvalue weighted by atomic mass is 10.1. The van der Waals surface area contributed by atoms with E-state index in [9.17, 15) is 4.79 Å². The van der Waals surface area contributed by atoms with Crippen molar-refractivity contribution in [2.45, 2.75) is 39.7 Å². The van der Waals surface area contributed by atoms with Crippen molar-refractivity contribution in [3.05, 3.63) is 89.2 Å². The molecule has 1 heterocycles. The van der Waals surface area contributed by atoms with Crippen molar-refractivity contribution in [3.63, 3.8) is 0 Å². The number of amides is 1. The number of hydrogen-bond donors (Lipinski definition) is 1. The molecule has 0 radical (unpaired) electrons. The summed E-state index contributed by atoms with van der Waals surface area (Å²) in [6.07, 6.45) is 1.88. The van der Waals surface area contributed by atoms with Crippen LogP contribution < -0.4 is 14.8 Å². The zero-order valence-corrected chi connectivity index (χ0v) is 20.7. The van der Waals surface area contributed by atoms with Crippen LogP contribution >= 0.6 is 0 Å². The molecular weight excluding hydrogens is 438 g/mol. The second kappa shape index (κ2) is 11.6. The van der Waals surface area contributed by atoms with Gasteiger partial charge in [-0.2, -0.15) is 0 Å². The lowest BCUT2D eigenvalue weighted by Gasteiger charge is -2.12. The molecule has 0 aliphatic carbocycles. The van der Waals surface area contributed by atoms with Gasteiger partial charge in [0.25, 0.3) is 0 Å². The number of carbonyl (C=O) groups is 1. The van der Waals surface area contributed by atoms with Crippen molar-refractivity contribution in [2.24, 2.45) is 0 Å². The lowest BCUT2D eigenvalue weighted by Crippen LogP contribution is -2.28. The Kier molecular flexibility index (Phi) is 8.03. The maximum Gasteiger partial charge on any atom is 0.224 e. The van der Waals surface area contributed by atoms with E-state index in [0.717, 1.165) is 52.4 Å². The van der Waals surface area contributed by atoms with Crippen LogP contribution in [0.1, 0.15) is 28.9 Å². The first kappa shape index (κ1) is 24.3. The molecule has 0 bridgehead atoms. The Morgan fingerprint density at radius 3 is 2.60 bits per heavy atom. The summed E-state index contributed by atoms with van der Waals surface area (Å²) in [6.45, 7) is 6.14. The number of nitrogens with one attached hydrogen (secondary N) is 1. The van der Waals surface area contributed by atoms with E-state index in [-0.39, 0.29) is 5.91 Å². The van der Waals surface area contributed by atoms with Crippen LogP contribution in [0.25, 0.3) is 11.0 Å². The van der Waals surface area contributed by atoms with E-state index in [4.69, 9.17) is 14.5 Å². The summed E-state index contributed by atoms with van der Waals surface area (Å²) >= 11 is 0. The van der Waals surface area contributed by atoms with Crippen LogP contribution in [-0.2, 0) is 24.2 Å². The lowest BCUT2D eigenvalue weighted by molar-refractivity contribution is -0.120. The van der Waals surface area contributed by atoms with E-state index in [2.05, 4.69) is 41.9 Å². The third-order valence-electron chi connectivity index (χ3n) is 6.04. The van der Waals surface area contributed by atoms with Crippen molar-refractivity contribution >= 4 is 16.9 Å². The standard InChI is InChI=1S/C29H33N3O3/c1-21-9-14-27(22(2)19-21)35-18-6-17-32-26-8-5-4-7-25(26)31-28(32)15-16-30-29(33)20-23-10-12-24(34-3)13-11-23/h4-5,7-14,19H,6,15-18,20H2,1-3H3,(H,30,33). The topological polar surface area (TPSA) is 65.4 Å². The van der Waals surface area contributed by atoms with Crippen molar-refractivity contribution in [3.8, 4) is 11.5 Å². The maximum absolute atomic E-state index is 12.4. The molecule has 0 spiro atoms. The van der Waals surface area contributed by atoms with E-state index in [1.54, 1.807) is 7.11 Å². The zero-order chi connectivity index (χ0) is 24.6. The largest absolute Gasteiger partial charge is 0.497 e. The number of aromatic nitrogens is 2. The number of hydrogen-bond acceptors (Lipinski definition) is 4. The summed E-state index contributed by atoms with van der Waals surface area (Å²) in [5.74, 6) is 2.69. The SMILES string of the molecule is COc1ccc(CC(=O)NCCc2nc3ccccc3n2CCCOc2ccc(C)cc2C)cc1. The predicted octanol–water partition coefficient (Wildman–Crippen LogP) is 5.03. The number of para-hydroxylation sites is 2. The van der Waals surface area contributed by atoms with Gasteiger partial charge in [0.2, 0.25) is 5.91 Å². The number of rotatable bonds is 11. The molecule has 4 rings (SSSR count). The first-order valence-corrected chi connectivity index (χ1v) is 12.1. The monoisotopic (exact) mass is 471 g/mol. The Labute approximate surface area is 206 Å². The third kappa shape index (κ3) is 6.41. The van der Waals surface area contributed by atoms with Gasteiger partial charge in [-0.25, -0.2) is 4.98 Å². The molecule has 35 heavy (non-hydrogen) atoms. The highest BCUT2D eigenvalue weighted by molar-refractivity contribution is 5.78. The van der Waals surface area contributed by atoms with E-state index in [1.807, 2.05) is 48.5 Å². The average Bonchev–Trinajstić information content (AvgIpc) is 3.20. The number of carbonyl (C=O) groups excluding carboxylic acids is 1. The molecule has 0 saturated heterocycles. The average molecular weight is 472 g/mol. The van der Waals surface area contributed by atoms with Crippen molar-refractivity contribution in [1.29, 1.82) is 0 Å². The number of fused-ring (bicyclic) bond motifs is 1. The van der Waals surface area contributed by atoms with Gasteiger partial charge < -0.3 is 19.4 Å². The Balaban J connectivity index is 1.33. The van der Waals surface area contributed by atoms with Gasteiger partial charge in [0.05, 0.1) is 31.2 Å². The van der Waals surface area contributed by atoms with Gasteiger partial charge in [-0.1, -0.05) is 42.0 Å². The molecular formula is C29H33N3O3. The van der Waals surface area contributed by atoms with E-state index in [0.29, 0.717) is 26.0 Å². The molecule has 0 aliphatic heterocycles. The van der Waals surface area contributed by atoms with Crippen LogP contribution in [0.5, 0.6) is 11.5 Å². The highest BCUT2D eigenvalue weighted by Gasteiger charge is 2.11. The van der Waals surface area contributed by atoms with Crippen LogP contribution in [0.3, 0.4) is 0 Å². The van der Waals surface area contributed by atoms with Crippen LogP contribution in [0.2, 0.25) is 0 Å². The van der Waals surface area contributed by atoms with Crippen molar-refractivity contribution in [1.82, 2.24) is 14.9 Å². The first-order valence-electron chi connectivity index (χ1n) is 12.1. The Hall–Kier alpha value is -3.80. The van der Waals surface area contributed by atoms with Gasteiger partial charge in [-0.05, 0) is 61.7 Å². The molecule has 1 amide bonds. The predicted molar refractivity (Wildman–Crippen MR) is 139 cm³/mol. The smallest absolute Gasteiger partial charge is 0.224 e. The first-order chi connectivity index (χ1) is 17.0. The molecule has 0 fully saturated rings. The summed E-state index contributed by atoms with van der Waals surface area (Å²) in [5.41, 5.74) is 5.44. The molecule has 4 aromatic rings. The molecule has 0 atom stereocenters. The number of nitrogens with zero attached hydrogens (tertiary/aromatic N) is 2. The molecule has 182 valence electrons.